The van der Waals surface area contributed by atoms with Gasteiger partial charge >= 0.3 is 0 Å². The van der Waals surface area contributed by atoms with Gasteiger partial charge in [-0.3, -0.25) is 30.3 Å². The smallest absolute Gasteiger partial charge is 0.283 e. The Hall–Kier alpha value is -2.62. The van der Waals surface area contributed by atoms with Crippen molar-refractivity contribution >= 4 is 17.1 Å². The summed E-state index contributed by atoms with van der Waals surface area (Å²) in [5.74, 6) is 0. The molecule has 0 aromatic heterocycles. The van der Waals surface area contributed by atoms with E-state index in [0.717, 1.165) is 13.0 Å². The highest BCUT2D eigenvalue weighted by Crippen LogP contribution is 2.26. The van der Waals surface area contributed by atoms with E-state index in [0.29, 0.717) is 18.2 Å². The quantitative estimate of drug-likeness (QED) is 0.646. The lowest BCUT2D eigenvalue weighted by atomic mass is 10.2. The first-order chi connectivity index (χ1) is 8.83. The average molecular weight is 272 g/mol. The molecule has 0 heterocycles. The van der Waals surface area contributed by atoms with Gasteiger partial charge in [0, 0.05) is 0 Å². The van der Waals surface area contributed by atoms with E-state index in [1.807, 2.05) is 0 Å². The van der Waals surface area contributed by atoms with Gasteiger partial charge in [-0.2, -0.15) is 0 Å². The minimum atomic E-state index is -0.931. The number of benzene rings is 1. The number of nitrogens with two attached hydrogens (primary N) is 1. The zero-order valence-corrected chi connectivity index (χ0v) is 10.0. The van der Waals surface area contributed by atoms with Crippen molar-refractivity contribution in [2.24, 2.45) is 5.73 Å². The fraction of sp³-hybridized carbons (Fsp3) is 0.333. The largest absolute Gasteiger partial charge is 0.330 e. The molecule has 0 fully saturated rings. The SMILES string of the molecule is CCCN.O=[N+]([O-])c1cc([N+](=O)[O-])cc([N+](=O)[O-])c1. The monoisotopic (exact) mass is 272 g/mol. The highest BCUT2D eigenvalue weighted by molar-refractivity contribution is 5.52. The van der Waals surface area contributed by atoms with Gasteiger partial charge in [-0.1, -0.05) is 6.92 Å². The average Bonchev–Trinajstić information content (AvgIpc) is 2.38. The molecule has 0 saturated heterocycles. The van der Waals surface area contributed by atoms with Gasteiger partial charge in [0.2, 0.25) is 0 Å². The highest BCUT2D eigenvalue weighted by atomic mass is 16.6. The highest BCUT2D eigenvalue weighted by Gasteiger charge is 2.21. The number of nitro benzene ring substituents is 3. The molecule has 0 atom stereocenters. The molecule has 104 valence electrons. The lowest BCUT2D eigenvalue weighted by Gasteiger charge is -1.93. The fourth-order valence-corrected chi connectivity index (χ4v) is 0.896. The van der Waals surface area contributed by atoms with E-state index in [1.54, 1.807) is 0 Å². The number of non-ortho nitro benzene ring substituents is 3. The standard InChI is InChI=1S/C6H3N3O6.C3H9N/c10-7(11)4-1-5(8(12)13)3-6(2-4)9(14)15;1-2-3-4/h1-3H;2-4H2,1H3. The van der Waals surface area contributed by atoms with Crippen LogP contribution in [0.4, 0.5) is 17.1 Å². The van der Waals surface area contributed by atoms with E-state index in [4.69, 9.17) is 5.73 Å². The first kappa shape index (κ1) is 16.4. The number of rotatable bonds is 4. The summed E-state index contributed by atoms with van der Waals surface area (Å²) in [6.45, 7) is 2.88. The summed E-state index contributed by atoms with van der Waals surface area (Å²) >= 11 is 0. The molecule has 0 amide bonds. The topological polar surface area (TPSA) is 155 Å². The van der Waals surface area contributed by atoms with E-state index in [2.05, 4.69) is 6.92 Å². The molecule has 0 aliphatic carbocycles. The van der Waals surface area contributed by atoms with Crippen molar-refractivity contribution < 1.29 is 14.8 Å². The maximum Gasteiger partial charge on any atom is 0.283 e. The summed E-state index contributed by atoms with van der Waals surface area (Å²) in [6, 6.07) is 1.98. The van der Waals surface area contributed by atoms with Crippen molar-refractivity contribution in [1.29, 1.82) is 0 Å². The second-order valence-electron chi connectivity index (χ2n) is 3.27. The third kappa shape index (κ3) is 5.50. The Morgan fingerprint density at radius 1 is 0.895 bits per heavy atom. The van der Waals surface area contributed by atoms with E-state index >= 15 is 0 Å². The zero-order chi connectivity index (χ0) is 15.0. The van der Waals surface area contributed by atoms with Crippen LogP contribution in [0.25, 0.3) is 0 Å². The van der Waals surface area contributed by atoms with Crippen LogP contribution < -0.4 is 5.73 Å². The first-order valence-electron chi connectivity index (χ1n) is 5.11. The van der Waals surface area contributed by atoms with Crippen molar-refractivity contribution in [3.05, 3.63) is 48.5 Å². The Labute approximate surface area is 107 Å². The summed E-state index contributed by atoms with van der Waals surface area (Å²) < 4.78 is 0. The molecule has 0 bridgehead atoms. The minimum absolute atomic E-state index is 0.660. The Balaban J connectivity index is 0.000000711. The Morgan fingerprint density at radius 2 is 1.11 bits per heavy atom. The number of hydrogen-bond acceptors (Lipinski definition) is 7. The van der Waals surface area contributed by atoms with Gasteiger partial charge in [-0.15, -0.1) is 0 Å². The molecular weight excluding hydrogens is 260 g/mol. The van der Waals surface area contributed by atoms with Crippen LogP contribution in [0.3, 0.4) is 0 Å². The van der Waals surface area contributed by atoms with Crippen LogP contribution in [0, 0.1) is 30.3 Å². The van der Waals surface area contributed by atoms with Crippen LogP contribution in [-0.2, 0) is 0 Å². The van der Waals surface area contributed by atoms with E-state index in [9.17, 15) is 30.3 Å². The molecule has 0 unspecified atom stereocenters. The Morgan fingerprint density at radius 3 is 1.21 bits per heavy atom. The molecule has 1 rings (SSSR count). The third-order valence-corrected chi connectivity index (χ3v) is 1.81. The van der Waals surface area contributed by atoms with Gasteiger partial charge < -0.3 is 5.73 Å². The molecule has 10 heteroatoms. The van der Waals surface area contributed by atoms with Crippen molar-refractivity contribution in [3.63, 3.8) is 0 Å². The maximum absolute atomic E-state index is 10.3. The van der Waals surface area contributed by atoms with Crippen LogP contribution in [0.5, 0.6) is 0 Å². The van der Waals surface area contributed by atoms with Gasteiger partial charge in [-0.05, 0) is 13.0 Å². The van der Waals surface area contributed by atoms with Gasteiger partial charge in [0.1, 0.15) is 0 Å². The summed E-state index contributed by atoms with van der Waals surface area (Å²) in [7, 11) is 0. The molecule has 0 aliphatic heterocycles. The first-order valence-corrected chi connectivity index (χ1v) is 5.11. The zero-order valence-electron chi connectivity index (χ0n) is 10.0. The van der Waals surface area contributed by atoms with Crippen molar-refractivity contribution in [2.75, 3.05) is 6.54 Å². The Kier molecular flexibility index (Phi) is 6.60. The normalized spacial score (nSPS) is 9.16. The summed E-state index contributed by atoms with van der Waals surface area (Å²) in [5.41, 5.74) is 2.97. The fourth-order valence-electron chi connectivity index (χ4n) is 0.896. The predicted molar refractivity (Wildman–Crippen MR) is 65.8 cm³/mol. The second-order valence-corrected chi connectivity index (χ2v) is 3.27. The van der Waals surface area contributed by atoms with Crippen LogP contribution in [0.1, 0.15) is 13.3 Å². The van der Waals surface area contributed by atoms with Crippen LogP contribution in [0.15, 0.2) is 18.2 Å². The van der Waals surface area contributed by atoms with Gasteiger partial charge in [0.15, 0.2) is 0 Å². The third-order valence-electron chi connectivity index (χ3n) is 1.81. The summed E-state index contributed by atoms with van der Waals surface area (Å²) in [5, 5.41) is 30.9. The maximum atomic E-state index is 10.3. The van der Waals surface area contributed by atoms with E-state index in [1.165, 1.54) is 0 Å². The number of nitro groups is 3. The molecule has 0 saturated carbocycles. The van der Waals surface area contributed by atoms with Crippen LogP contribution in [0.2, 0.25) is 0 Å². The summed E-state index contributed by atoms with van der Waals surface area (Å²) in [6.07, 6.45) is 1.10. The van der Waals surface area contributed by atoms with Crippen molar-refractivity contribution in [2.45, 2.75) is 13.3 Å². The van der Waals surface area contributed by atoms with Crippen LogP contribution >= 0.6 is 0 Å². The van der Waals surface area contributed by atoms with E-state index in [-0.39, 0.29) is 0 Å². The predicted octanol–water partition coefficient (Wildman–Crippen LogP) is 1.77. The van der Waals surface area contributed by atoms with Gasteiger partial charge in [0.25, 0.3) is 17.1 Å². The molecule has 1 aromatic carbocycles. The molecule has 10 nitrogen and oxygen atoms in total. The molecule has 0 aliphatic rings. The van der Waals surface area contributed by atoms with Crippen molar-refractivity contribution in [3.8, 4) is 0 Å². The number of nitrogens with zero attached hydrogens (tertiary/aromatic N) is 3. The number of hydrogen-bond donors (Lipinski definition) is 1. The van der Waals surface area contributed by atoms with Crippen LogP contribution in [-0.4, -0.2) is 21.3 Å². The minimum Gasteiger partial charge on any atom is -0.330 e. The molecule has 1 aromatic rings. The van der Waals surface area contributed by atoms with Gasteiger partial charge in [-0.25, -0.2) is 0 Å². The lowest BCUT2D eigenvalue weighted by molar-refractivity contribution is -0.403. The summed E-state index contributed by atoms with van der Waals surface area (Å²) in [4.78, 5) is 28.1. The van der Waals surface area contributed by atoms with Crippen molar-refractivity contribution in [1.82, 2.24) is 0 Å². The molecule has 0 spiro atoms. The Bertz CT molecular complexity index is 409. The molecule has 2 N–H and O–H groups in total. The molecular formula is C9H12N4O6. The lowest BCUT2D eigenvalue weighted by Crippen LogP contribution is -1.96. The van der Waals surface area contributed by atoms with Gasteiger partial charge in [0.05, 0.1) is 33.0 Å². The molecule has 19 heavy (non-hydrogen) atoms. The molecule has 0 radical (unpaired) electrons. The van der Waals surface area contributed by atoms with E-state index < -0.39 is 31.8 Å². The second kappa shape index (κ2) is 7.66.